The highest BCUT2D eigenvalue weighted by Gasteiger charge is 1.90. The zero-order valence-electron chi connectivity index (χ0n) is 9.20. The molecule has 0 spiro atoms. The molecule has 2 heteroatoms. The molecule has 0 aromatic heterocycles. The summed E-state index contributed by atoms with van der Waals surface area (Å²) < 4.78 is 0. The van der Waals surface area contributed by atoms with E-state index in [2.05, 4.69) is 0 Å². The molecule has 0 aliphatic heterocycles. The normalized spacial score (nSPS) is 9.50. The molecule has 2 N–H and O–H groups in total. The van der Waals surface area contributed by atoms with Gasteiger partial charge in [-0.15, -0.1) is 0 Å². The van der Waals surface area contributed by atoms with Crippen molar-refractivity contribution in [3.63, 3.8) is 0 Å². The molecule has 0 bridgehead atoms. The molecule has 1 rings (SSSR count). The first-order chi connectivity index (χ1) is 6.60. The van der Waals surface area contributed by atoms with E-state index in [0.717, 1.165) is 18.4 Å². The SMILES string of the molecule is CCC(O)CC.Cc1cccc(O)c1. The van der Waals surface area contributed by atoms with Gasteiger partial charge in [-0.1, -0.05) is 26.0 Å². The molecule has 0 heterocycles. The molecule has 1 aromatic rings. The number of hydrogen-bond acceptors (Lipinski definition) is 2. The summed E-state index contributed by atoms with van der Waals surface area (Å²) >= 11 is 0. The topological polar surface area (TPSA) is 40.5 Å². The molecule has 0 fully saturated rings. The zero-order valence-corrected chi connectivity index (χ0v) is 9.20. The van der Waals surface area contributed by atoms with Crippen LogP contribution in [-0.2, 0) is 0 Å². The molecule has 0 amide bonds. The van der Waals surface area contributed by atoms with Gasteiger partial charge in [0.1, 0.15) is 5.75 Å². The minimum absolute atomic E-state index is 0.0648. The number of aliphatic hydroxyl groups excluding tert-OH is 1. The van der Waals surface area contributed by atoms with Gasteiger partial charge in [-0.25, -0.2) is 0 Å². The average Bonchev–Trinajstić information content (AvgIpc) is 2.17. The summed E-state index contributed by atoms with van der Waals surface area (Å²) in [4.78, 5) is 0. The van der Waals surface area contributed by atoms with Crippen LogP contribution in [0, 0.1) is 6.92 Å². The van der Waals surface area contributed by atoms with Gasteiger partial charge in [0.05, 0.1) is 6.10 Å². The number of aromatic hydroxyl groups is 1. The summed E-state index contributed by atoms with van der Waals surface area (Å²) in [5.41, 5.74) is 1.09. The van der Waals surface area contributed by atoms with E-state index in [-0.39, 0.29) is 6.10 Å². The molecule has 14 heavy (non-hydrogen) atoms. The third kappa shape index (κ3) is 6.49. The number of hydrogen-bond donors (Lipinski definition) is 2. The first-order valence-electron chi connectivity index (χ1n) is 5.03. The summed E-state index contributed by atoms with van der Waals surface area (Å²) in [5, 5.41) is 17.5. The Bertz CT molecular complexity index is 225. The van der Waals surface area contributed by atoms with Crippen LogP contribution in [0.4, 0.5) is 0 Å². The Kier molecular flexibility index (Phi) is 6.85. The second kappa shape index (κ2) is 7.39. The molecule has 0 aliphatic rings. The van der Waals surface area contributed by atoms with Gasteiger partial charge in [0.25, 0.3) is 0 Å². The smallest absolute Gasteiger partial charge is 0.115 e. The Labute approximate surface area is 86.2 Å². The molecular formula is C12H20O2. The van der Waals surface area contributed by atoms with Crippen LogP contribution in [0.5, 0.6) is 5.75 Å². The van der Waals surface area contributed by atoms with E-state index in [1.54, 1.807) is 12.1 Å². The van der Waals surface area contributed by atoms with Crippen LogP contribution in [0.1, 0.15) is 32.3 Å². The summed E-state index contributed by atoms with van der Waals surface area (Å²) in [7, 11) is 0. The number of phenolic OH excluding ortho intramolecular Hbond substituents is 1. The molecular weight excluding hydrogens is 176 g/mol. The van der Waals surface area contributed by atoms with E-state index in [1.807, 2.05) is 32.9 Å². The highest BCUT2D eigenvalue weighted by atomic mass is 16.3. The number of aryl methyl sites for hydroxylation is 1. The monoisotopic (exact) mass is 196 g/mol. The molecule has 0 aliphatic carbocycles. The van der Waals surface area contributed by atoms with E-state index in [0.29, 0.717) is 5.75 Å². The predicted octanol–water partition coefficient (Wildman–Crippen LogP) is 2.87. The van der Waals surface area contributed by atoms with Gasteiger partial charge in [-0.3, -0.25) is 0 Å². The van der Waals surface area contributed by atoms with Crippen molar-refractivity contribution in [2.45, 2.75) is 39.7 Å². The highest BCUT2D eigenvalue weighted by Crippen LogP contribution is 2.08. The van der Waals surface area contributed by atoms with Gasteiger partial charge < -0.3 is 10.2 Å². The fourth-order valence-corrected chi connectivity index (χ4v) is 0.917. The second-order valence-electron chi connectivity index (χ2n) is 3.31. The van der Waals surface area contributed by atoms with Crippen LogP contribution in [0.2, 0.25) is 0 Å². The number of benzene rings is 1. The number of rotatable bonds is 2. The lowest BCUT2D eigenvalue weighted by Crippen LogP contribution is -1.99. The largest absolute Gasteiger partial charge is 0.508 e. The summed E-state index contributed by atoms with van der Waals surface area (Å²) in [6, 6.07) is 7.15. The standard InChI is InChI=1S/C7H8O.C5H12O/c1-6-3-2-4-7(8)5-6;1-3-5(6)4-2/h2-5,8H,1H3;5-6H,3-4H2,1-2H3. The quantitative estimate of drug-likeness (QED) is 0.763. The van der Waals surface area contributed by atoms with Crippen LogP contribution >= 0.6 is 0 Å². The van der Waals surface area contributed by atoms with E-state index >= 15 is 0 Å². The maximum Gasteiger partial charge on any atom is 0.115 e. The van der Waals surface area contributed by atoms with Crippen molar-refractivity contribution in [3.8, 4) is 5.75 Å². The van der Waals surface area contributed by atoms with Crippen LogP contribution in [0.3, 0.4) is 0 Å². The predicted molar refractivity (Wildman–Crippen MR) is 59.4 cm³/mol. The Morgan fingerprint density at radius 1 is 1.21 bits per heavy atom. The van der Waals surface area contributed by atoms with E-state index in [1.165, 1.54) is 0 Å². The Morgan fingerprint density at radius 2 is 1.79 bits per heavy atom. The van der Waals surface area contributed by atoms with Gasteiger partial charge in [0.2, 0.25) is 0 Å². The molecule has 2 nitrogen and oxygen atoms in total. The van der Waals surface area contributed by atoms with Crippen molar-refractivity contribution in [2.24, 2.45) is 0 Å². The minimum atomic E-state index is -0.0648. The van der Waals surface area contributed by atoms with Crippen molar-refractivity contribution in [1.82, 2.24) is 0 Å². The maximum atomic E-state index is 8.81. The lowest BCUT2D eigenvalue weighted by Gasteiger charge is -1.98. The number of aliphatic hydroxyl groups is 1. The van der Waals surface area contributed by atoms with E-state index in [9.17, 15) is 0 Å². The second-order valence-corrected chi connectivity index (χ2v) is 3.31. The Balaban J connectivity index is 0.000000255. The van der Waals surface area contributed by atoms with Gasteiger partial charge in [-0.05, 0) is 37.5 Å². The van der Waals surface area contributed by atoms with Crippen LogP contribution in [-0.4, -0.2) is 16.3 Å². The van der Waals surface area contributed by atoms with Crippen molar-refractivity contribution < 1.29 is 10.2 Å². The molecule has 1 aromatic carbocycles. The Morgan fingerprint density at radius 3 is 2.00 bits per heavy atom. The van der Waals surface area contributed by atoms with Crippen molar-refractivity contribution in [2.75, 3.05) is 0 Å². The van der Waals surface area contributed by atoms with Crippen molar-refractivity contribution >= 4 is 0 Å². The summed E-state index contributed by atoms with van der Waals surface area (Å²) in [5.74, 6) is 0.338. The highest BCUT2D eigenvalue weighted by molar-refractivity contribution is 5.25. The Hall–Kier alpha value is -1.02. The lowest BCUT2D eigenvalue weighted by molar-refractivity contribution is 0.166. The van der Waals surface area contributed by atoms with Crippen LogP contribution in [0.15, 0.2) is 24.3 Å². The first kappa shape index (κ1) is 13.0. The summed E-state index contributed by atoms with van der Waals surface area (Å²) in [6.07, 6.45) is 1.71. The summed E-state index contributed by atoms with van der Waals surface area (Å²) in [6.45, 7) is 5.90. The third-order valence-electron chi connectivity index (χ3n) is 1.94. The average molecular weight is 196 g/mol. The lowest BCUT2D eigenvalue weighted by atomic mass is 10.2. The fraction of sp³-hybridized carbons (Fsp3) is 0.500. The third-order valence-corrected chi connectivity index (χ3v) is 1.94. The molecule has 80 valence electrons. The van der Waals surface area contributed by atoms with Crippen molar-refractivity contribution in [1.29, 1.82) is 0 Å². The molecule has 0 radical (unpaired) electrons. The van der Waals surface area contributed by atoms with Gasteiger partial charge in [-0.2, -0.15) is 0 Å². The maximum absolute atomic E-state index is 8.81. The van der Waals surface area contributed by atoms with Gasteiger partial charge >= 0.3 is 0 Å². The molecule has 0 atom stereocenters. The molecule has 0 saturated heterocycles. The zero-order chi connectivity index (χ0) is 11.0. The van der Waals surface area contributed by atoms with E-state index in [4.69, 9.17) is 10.2 Å². The van der Waals surface area contributed by atoms with Crippen LogP contribution in [0.25, 0.3) is 0 Å². The molecule has 0 unspecified atom stereocenters. The van der Waals surface area contributed by atoms with Gasteiger partial charge in [0.15, 0.2) is 0 Å². The van der Waals surface area contributed by atoms with Gasteiger partial charge in [0, 0.05) is 0 Å². The fourth-order valence-electron chi connectivity index (χ4n) is 0.917. The van der Waals surface area contributed by atoms with Crippen LogP contribution < -0.4 is 0 Å². The van der Waals surface area contributed by atoms with Crippen molar-refractivity contribution in [3.05, 3.63) is 29.8 Å². The molecule has 0 saturated carbocycles. The van der Waals surface area contributed by atoms with E-state index < -0.39 is 0 Å². The first-order valence-corrected chi connectivity index (χ1v) is 5.03. The number of phenols is 1. The minimum Gasteiger partial charge on any atom is -0.508 e.